The number of nitrogens with zero attached hydrogens (tertiary/aromatic N) is 2. The minimum absolute atomic E-state index is 0.211. The first-order valence-electron chi connectivity index (χ1n) is 10.3. The topological polar surface area (TPSA) is 32.8 Å². The van der Waals surface area contributed by atoms with Gasteiger partial charge >= 0.3 is 5.97 Å². The molecule has 0 N–H and O–H groups in total. The van der Waals surface area contributed by atoms with E-state index >= 15 is 0 Å². The van der Waals surface area contributed by atoms with Gasteiger partial charge in [-0.1, -0.05) is 0 Å². The summed E-state index contributed by atoms with van der Waals surface area (Å²) in [6.07, 6.45) is 3.33. The van der Waals surface area contributed by atoms with Crippen molar-refractivity contribution in [3.8, 4) is 0 Å². The summed E-state index contributed by atoms with van der Waals surface area (Å²) in [7, 11) is 0. The molecule has 0 aromatic heterocycles. The molecule has 1 saturated heterocycles. The third-order valence-corrected chi connectivity index (χ3v) is 6.77. The van der Waals surface area contributed by atoms with Gasteiger partial charge in [0.1, 0.15) is 17.2 Å². The first kappa shape index (κ1) is 18.6. The molecule has 5 rings (SSSR count). The van der Waals surface area contributed by atoms with Crippen LogP contribution in [0.2, 0.25) is 0 Å². The van der Waals surface area contributed by atoms with Crippen molar-refractivity contribution in [3.05, 3.63) is 65.2 Å². The van der Waals surface area contributed by atoms with E-state index in [-0.39, 0.29) is 17.6 Å². The minimum Gasteiger partial charge on any atom is -0.451 e. The van der Waals surface area contributed by atoms with Gasteiger partial charge < -0.3 is 9.64 Å². The summed E-state index contributed by atoms with van der Waals surface area (Å²) in [6.45, 7) is 3.74. The normalized spacial score (nSPS) is 27.2. The Morgan fingerprint density at radius 1 is 0.897 bits per heavy atom. The van der Waals surface area contributed by atoms with Crippen molar-refractivity contribution in [1.82, 2.24) is 4.90 Å². The zero-order valence-corrected chi connectivity index (χ0v) is 16.2. The van der Waals surface area contributed by atoms with E-state index in [0.717, 1.165) is 63.1 Å². The molecule has 2 heterocycles. The predicted molar refractivity (Wildman–Crippen MR) is 106 cm³/mol. The maximum atomic E-state index is 13.8. The summed E-state index contributed by atoms with van der Waals surface area (Å²) in [5.74, 6) is -0.857. The summed E-state index contributed by atoms with van der Waals surface area (Å²) >= 11 is 0. The Labute approximate surface area is 169 Å². The Hall–Kier alpha value is -2.47. The number of carbonyl (C=O) groups excluding carboxylic acids is 1. The van der Waals surface area contributed by atoms with Gasteiger partial charge in [0.15, 0.2) is 0 Å². The van der Waals surface area contributed by atoms with Crippen LogP contribution in [0.1, 0.15) is 41.6 Å². The van der Waals surface area contributed by atoms with E-state index in [4.69, 9.17) is 4.74 Å². The van der Waals surface area contributed by atoms with E-state index < -0.39 is 5.60 Å². The SMILES string of the molecule is O=C1OC2(CCC(N3CCN(c4ccc(F)cc4)CC3)CC2)c2cc(F)ccc21. The zero-order chi connectivity index (χ0) is 20.0. The number of rotatable bonds is 2. The number of esters is 1. The number of hydrogen-bond acceptors (Lipinski definition) is 4. The Balaban J connectivity index is 1.22. The highest BCUT2D eigenvalue weighted by molar-refractivity contribution is 5.94. The molecule has 3 aliphatic rings. The van der Waals surface area contributed by atoms with E-state index in [1.165, 1.54) is 24.3 Å². The lowest BCUT2D eigenvalue weighted by molar-refractivity contribution is -0.0425. The molecule has 1 aliphatic carbocycles. The van der Waals surface area contributed by atoms with Crippen LogP contribution in [0.5, 0.6) is 0 Å². The second-order valence-corrected chi connectivity index (χ2v) is 8.30. The summed E-state index contributed by atoms with van der Waals surface area (Å²) in [5, 5.41) is 0. The molecule has 2 fully saturated rings. The number of piperazine rings is 1. The number of hydrogen-bond donors (Lipinski definition) is 0. The summed E-state index contributed by atoms with van der Waals surface area (Å²) < 4.78 is 32.7. The molecule has 6 heteroatoms. The van der Waals surface area contributed by atoms with E-state index in [1.54, 1.807) is 6.07 Å². The van der Waals surface area contributed by atoms with Gasteiger partial charge in [-0.2, -0.15) is 0 Å². The first-order valence-corrected chi connectivity index (χ1v) is 10.3. The highest BCUT2D eigenvalue weighted by Crippen LogP contribution is 2.47. The lowest BCUT2D eigenvalue weighted by Gasteiger charge is -2.44. The quantitative estimate of drug-likeness (QED) is 0.714. The highest BCUT2D eigenvalue weighted by Gasteiger charge is 2.48. The number of carbonyl (C=O) groups is 1. The molecule has 2 aromatic carbocycles. The van der Waals surface area contributed by atoms with E-state index in [0.29, 0.717) is 11.6 Å². The average molecular weight is 398 g/mol. The molecule has 2 aromatic rings. The molecule has 4 nitrogen and oxygen atoms in total. The molecular formula is C23H24F2N2O2. The molecule has 1 saturated carbocycles. The van der Waals surface area contributed by atoms with E-state index in [9.17, 15) is 13.6 Å². The number of fused-ring (bicyclic) bond motifs is 2. The molecule has 0 unspecified atom stereocenters. The van der Waals surface area contributed by atoms with Crippen LogP contribution in [0, 0.1) is 11.6 Å². The fraction of sp³-hybridized carbons (Fsp3) is 0.435. The van der Waals surface area contributed by atoms with Crippen molar-refractivity contribution >= 4 is 11.7 Å². The minimum atomic E-state index is -0.652. The maximum Gasteiger partial charge on any atom is 0.339 e. The van der Waals surface area contributed by atoms with Crippen molar-refractivity contribution in [1.29, 1.82) is 0 Å². The van der Waals surface area contributed by atoms with Gasteiger partial charge in [-0.15, -0.1) is 0 Å². The predicted octanol–water partition coefficient (Wildman–Crippen LogP) is 4.10. The Morgan fingerprint density at radius 2 is 1.55 bits per heavy atom. The Morgan fingerprint density at radius 3 is 2.24 bits per heavy atom. The van der Waals surface area contributed by atoms with Crippen LogP contribution < -0.4 is 4.90 Å². The third-order valence-electron chi connectivity index (χ3n) is 6.77. The molecule has 0 atom stereocenters. The van der Waals surface area contributed by atoms with Crippen LogP contribution in [-0.2, 0) is 10.3 Å². The molecule has 0 bridgehead atoms. The number of halogens is 2. The molecule has 152 valence electrons. The van der Waals surface area contributed by atoms with Gasteiger partial charge in [-0.25, -0.2) is 13.6 Å². The summed E-state index contributed by atoms with van der Waals surface area (Å²) in [6, 6.07) is 11.5. The highest BCUT2D eigenvalue weighted by atomic mass is 19.1. The number of ether oxygens (including phenoxy) is 1. The van der Waals surface area contributed by atoms with Crippen molar-refractivity contribution in [2.75, 3.05) is 31.1 Å². The molecule has 0 amide bonds. The monoisotopic (exact) mass is 398 g/mol. The second-order valence-electron chi connectivity index (χ2n) is 8.30. The standard InChI is InChI=1S/C23H24F2N2O2/c24-16-1-4-18(5-2-16)26-11-13-27(14-12-26)19-7-9-23(10-8-19)21-15-17(25)3-6-20(21)22(28)29-23/h1-6,15,19H,7-14H2. The fourth-order valence-electron chi connectivity index (χ4n) is 5.16. The summed E-state index contributed by atoms with van der Waals surface area (Å²) in [5.41, 5.74) is 1.64. The van der Waals surface area contributed by atoms with Crippen LogP contribution in [0.3, 0.4) is 0 Å². The fourth-order valence-corrected chi connectivity index (χ4v) is 5.16. The maximum absolute atomic E-state index is 13.8. The Bertz CT molecular complexity index is 915. The third kappa shape index (κ3) is 3.29. The molecule has 29 heavy (non-hydrogen) atoms. The second kappa shape index (κ2) is 7.10. The zero-order valence-electron chi connectivity index (χ0n) is 16.2. The number of anilines is 1. The largest absolute Gasteiger partial charge is 0.451 e. The van der Waals surface area contributed by atoms with Crippen LogP contribution in [0.25, 0.3) is 0 Å². The van der Waals surface area contributed by atoms with Gasteiger partial charge in [0.25, 0.3) is 0 Å². The van der Waals surface area contributed by atoms with Crippen LogP contribution in [0.4, 0.5) is 14.5 Å². The van der Waals surface area contributed by atoms with Crippen LogP contribution >= 0.6 is 0 Å². The van der Waals surface area contributed by atoms with Gasteiger partial charge in [0.2, 0.25) is 0 Å². The van der Waals surface area contributed by atoms with Crippen molar-refractivity contribution in [3.63, 3.8) is 0 Å². The first-order chi connectivity index (χ1) is 14.0. The van der Waals surface area contributed by atoms with E-state index in [1.807, 2.05) is 12.1 Å². The molecular weight excluding hydrogens is 374 g/mol. The smallest absolute Gasteiger partial charge is 0.339 e. The summed E-state index contributed by atoms with van der Waals surface area (Å²) in [4.78, 5) is 17.0. The molecule has 2 aliphatic heterocycles. The van der Waals surface area contributed by atoms with Crippen LogP contribution in [0.15, 0.2) is 42.5 Å². The van der Waals surface area contributed by atoms with Crippen molar-refractivity contribution < 1.29 is 18.3 Å². The van der Waals surface area contributed by atoms with Gasteiger partial charge in [-0.05, 0) is 68.1 Å². The van der Waals surface area contributed by atoms with Gasteiger partial charge in [0, 0.05) is 43.5 Å². The van der Waals surface area contributed by atoms with Crippen LogP contribution in [-0.4, -0.2) is 43.1 Å². The van der Waals surface area contributed by atoms with E-state index in [2.05, 4.69) is 9.80 Å². The number of benzene rings is 2. The molecule has 0 radical (unpaired) electrons. The average Bonchev–Trinajstić information content (AvgIpc) is 3.00. The Kier molecular flexibility index (Phi) is 4.54. The van der Waals surface area contributed by atoms with Gasteiger partial charge in [0.05, 0.1) is 5.56 Å². The van der Waals surface area contributed by atoms with Crippen molar-refractivity contribution in [2.45, 2.75) is 37.3 Å². The van der Waals surface area contributed by atoms with Gasteiger partial charge in [-0.3, -0.25) is 4.90 Å². The molecule has 1 spiro atoms. The van der Waals surface area contributed by atoms with Crippen molar-refractivity contribution in [2.24, 2.45) is 0 Å². The lowest BCUT2D eigenvalue weighted by Crippen LogP contribution is -2.52. The lowest BCUT2D eigenvalue weighted by atomic mass is 9.77.